The first-order valence-corrected chi connectivity index (χ1v) is 4.54. The van der Waals surface area contributed by atoms with Gasteiger partial charge in [-0.05, 0) is 0 Å². The minimum atomic E-state index is -5.30. The van der Waals surface area contributed by atoms with Gasteiger partial charge in [0.25, 0.3) is 7.82 Å². The van der Waals surface area contributed by atoms with Crippen LogP contribution >= 0.6 is 15.6 Å². The van der Waals surface area contributed by atoms with Crippen molar-refractivity contribution in [2.45, 2.75) is 0 Å². The van der Waals surface area contributed by atoms with E-state index in [0.717, 1.165) is 0 Å². The molecule has 12 heavy (non-hydrogen) atoms. The molecule has 0 aromatic heterocycles. The van der Waals surface area contributed by atoms with Crippen molar-refractivity contribution in [2.24, 2.45) is 0 Å². The SMILES string of the molecule is O=P([O-])(O)OP(=O)(O)O.[F-].[Na+].[Na+]. The zero-order valence-corrected chi connectivity index (χ0v) is 12.0. The zero-order valence-electron chi connectivity index (χ0n) is 6.25. The molecular weight excluding hydrogens is 239 g/mol. The van der Waals surface area contributed by atoms with Crippen LogP contribution in [0.3, 0.4) is 0 Å². The van der Waals surface area contributed by atoms with E-state index in [2.05, 4.69) is 4.31 Å². The molecule has 1 atom stereocenters. The molecule has 0 amide bonds. The van der Waals surface area contributed by atoms with Crippen LogP contribution in [-0.2, 0) is 13.4 Å². The molecule has 0 aliphatic carbocycles. The summed E-state index contributed by atoms with van der Waals surface area (Å²) in [6.45, 7) is 0. The third-order valence-electron chi connectivity index (χ3n) is 0.210. The molecule has 0 aromatic carbocycles. The Balaban J connectivity index is -0.000000107. The van der Waals surface area contributed by atoms with Crippen LogP contribution in [0.4, 0.5) is 0 Å². The maximum absolute atomic E-state index is 9.59. The normalized spacial score (nSPS) is 14.3. The Morgan fingerprint density at radius 1 is 1.08 bits per heavy atom. The van der Waals surface area contributed by atoms with Crippen molar-refractivity contribution in [1.82, 2.24) is 0 Å². The van der Waals surface area contributed by atoms with Gasteiger partial charge in [-0.15, -0.1) is 0 Å². The molecule has 64 valence electrons. The van der Waals surface area contributed by atoms with E-state index in [1.165, 1.54) is 0 Å². The number of rotatable bonds is 2. The minimum Gasteiger partial charge on any atom is -1.00 e. The molecule has 12 heteroatoms. The molecule has 0 aliphatic rings. The van der Waals surface area contributed by atoms with Crippen LogP contribution in [0.15, 0.2) is 0 Å². The van der Waals surface area contributed by atoms with Gasteiger partial charge in [0.2, 0.25) is 0 Å². The first kappa shape index (κ1) is 23.8. The van der Waals surface area contributed by atoms with Crippen LogP contribution < -0.4 is 68.7 Å². The summed E-state index contributed by atoms with van der Waals surface area (Å²) in [6, 6.07) is 0. The number of hydrogen-bond donors (Lipinski definition) is 3. The molecule has 0 fully saturated rings. The van der Waals surface area contributed by atoms with E-state index < -0.39 is 15.6 Å². The van der Waals surface area contributed by atoms with E-state index in [4.69, 9.17) is 14.7 Å². The fraction of sp³-hybridized carbons (Fsp3) is 0. The van der Waals surface area contributed by atoms with Gasteiger partial charge in [0.15, 0.2) is 0 Å². The molecule has 0 bridgehead atoms. The van der Waals surface area contributed by atoms with E-state index in [0.29, 0.717) is 0 Å². The average molecular weight is 242 g/mol. The molecular formula is H3FNa2O7P2. The summed E-state index contributed by atoms with van der Waals surface area (Å²) in [5, 5.41) is 0. The smallest absolute Gasteiger partial charge is 1.00 e. The van der Waals surface area contributed by atoms with Crippen LogP contribution in [0.1, 0.15) is 0 Å². The second-order valence-corrected chi connectivity index (χ2v) is 3.61. The number of phosphoric acid groups is 2. The quantitative estimate of drug-likeness (QED) is 0.324. The molecule has 0 spiro atoms. The standard InChI is InChI=1S/FH.2Na.H4O7P2/c;;;1-8(2,3)7-9(4,5)6/h1H;;;(H2,1,2,3)(H2,4,5,6)/q;2*+1;/p-2. The van der Waals surface area contributed by atoms with Crippen molar-refractivity contribution >= 4 is 15.6 Å². The van der Waals surface area contributed by atoms with Gasteiger partial charge in [0.1, 0.15) is 0 Å². The molecule has 7 nitrogen and oxygen atoms in total. The summed E-state index contributed by atoms with van der Waals surface area (Å²) >= 11 is 0. The van der Waals surface area contributed by atoms with Crippen molar-refractivity contribution in [2.75, 3.05) is 0 Å². The second-order valence-electron chi connectivity index (χ2n) is 1.04. The average Bonchev–Trinajstić information content (AvgIpc) is 1.14. The molecule has 0 rings (SSSR count). The van der Waals surface area contributed by atoms with E-state index in [9.17, 15) is 14.0 Å². The summed E-state index contributed by atoms with van der Waals surface area (Å²) in [7, 11) is -10.4. The van der Waals surface area contributed by atoms with E-state index in [-0.39, 0.29) is 63.8 Å². The summed E-state index contributed by atoms with van der Waals surface area (Å²) < 4.78 is 21.9. The fourth-order valence-electron chi connectivity index (χ4n) is 0.134. The Kier molecular flexibility index (Phi) is 16.8. The predicted octanol–water partition coefficient (Wildman–Crippen LogP) is -10.4. The van der Waals surface area contributed by atoms with Crippen LogP contribution in [0.5, 0.6) is 0 Å². The van der Waals surface area contributed by atoms with Crippen molar-refractivity contribution in [1.29, 1.82) is 0 Å². The van der Waals surface area contributed by atoms with Crippen LogP contribution in [0, 0.1) is 0 Å². The van der Waals surface area contributed by atoms with Crippen LogP contribution in [-0.4, -0.2) is 14.7 Å². The summed E-state index contributed by atoms with van der Waals surface area (Å²) in [5.41, 5.74) is 0. The van der Waals surface area contributed by atoms with Gasteiger partial charge < -0.3 is 24.3 Å². The summed E-state index contributed by atoms with van der Waals surface area (Å²) in [4.78, 5) is 32.6. The Morgan fingerprint density at radius 2 is 1.33 bits per heavy atom. The third-order valence-corrected chi connectivity index (χ3v) is 1.89. The number of halogens is 1. The van der Waals surface area contributed by atoms with Gasteiger partial charge in [0, 0.05) is 0 Å². The maximum atomic E-state index is 9.59. The van der Waals surface area contributed by atoms with Gasteiger partial charge in [-0.2, -0.15) is 0 Å². The Bertz CT molecular complexity index is 160. The van der Waals surface area contributed by atoms with Crippen molar-refractivity contribution < 1.29 is 96.8 Å². The van der Waals surface area contributed by atoms with Crippen molar-refractivity contribution in [3.63, 3.8) is 0 Å². The summed E-state index contributed by atoms with van der Waals surface area (Å²) in [5.74, 6) is 0. The summed E-state index contributed by atoms with van der Waals surface area (Å²) in [6.07, 6.45) is 0. The van der Waals surface area contributed by atoms with E-state index >= 15 is 0 Å². The first-order valence-electron chi connectivity index (χ1n) is 1.51. The molecule has 0 saturated carbocycles. The molecule has 3 N–H and O–H groups in total. The molecule has 0 heterocycles. The molecule has 1 unspecified atom stereocenters. The zero-order chi connectivity index (χ0) is 7.71. The Morgan fingerprint density at radius 3 is 1.33 bits per heavy atom. The fourth-order valence-corrected chi connectivity index (χ4v) is 1.21. The predicted molar refractivity (Wildman–Crippen MR) is 23.0 cm³/mol. The van der Waals surface area contributed by atoms with Crippen molar-refractivity contribution in [3.05, 3.63) is 0 Å². The monoisotopic (exact) mass is 242 g/mol. The van der Waals surface area contributed by atoms with Gasteiger partial charge in [-0.1, -0.05) is 0 Å². The molecule has 0 saturated heterocycles. The van der Waals surface area contributed by atoms with E-state index in [1.54, 1.807) is 0 Å². The Labute approximate surface area is 111 Å². The topological polar surface area (TPSA) is 127 Å². The van der Waals surface area contributed by atoms with Gasteiger partial charge in [0.05, 0.1) is 0 Å². The van der Waals surface area contributed by atoms with Gasteiger partial charge in [-0.3, -0.25) is 4.57 Å². The van der Waals surface area contributed by atoms with E-state index in [1.807, 2.05) is 0 Å². The third kappa shape index (κ3) is 22.8. The second kappa shape index (κ2) is 8.49. The van der Waals surface area contributed by atoms with Gasteiger partial charge in [-0.25, -0.2) is 8.88 Å². The molecule has 0 radical (unpaired) electrons. The first-order chi connectivity index (χ1) is 3.71. The number of hydrogen-bond acceptors (Lipinski definition) is 4. The molecule has 0 aliphatic heterocycles. The minimum absolute atomic E-state index is 0. The van der Waals surface area contributed by atoms with Crippen molar-refractivity contribution in [3.8, 4) is 0 Å². The molecule has 0 aromatic rings. The maximum Gasteiger partial charge on any atom is 1.00 e. The largest absolute Gasteiger partial charge is 1.00 e. The Hall–Kier alpha value is 2.19. The van der Waals surface area contributed by atoms with Crippen LogP contribution in [0.25, 0.3) is 0 Å². The van der Waals surface area contributed by atoms with Gasteiger partial charge >= 0.3 is 66.9 Å². The van der Waals surface area contributed by atoms with Crippen LogP contribution in [0.2, 0.25) is 0 Å².